The Hall–Kier alpha value is -3.17. The number of rotatable bonds is 9. The second-order valence-corrected chi connectivity index (χ2v) is 11.0. The fourth-order valence-electron chi connectivity index (χ4n) is 3.27. The highest BCUT2D eigenvalue weighted by Crippen LogP contribution is 2.26. The molecule has 2 N–H and O–H groups in total. The van der Waals surface area contributed by atoms with E-state index in [1.165, 1.54) is 12.1 Å². The van der Waals surface area contributed by atoms with Crippen molar-refractivity contribution >= 4 is 49.1 Å². The Kier molecular flexibility index (Phi) is 8.69. The number of amides is 2. The summed E-state index contributed by atoms with van der Waals surface area (Å²) in [6.07, 6.45) is 0.763. The minimum atomic E-state index is -4.04. The molecule has 184 valence electrons. The van der Waals surface area contributed by atoms with Crippen molar-refractivity contribution < 1.29 is 18.0 Å². The van der Waals surface area contributed by atoms with Gasteiger partial charge in [-0.1, -0.05) is 52.7 Å². The van der Waals surface area contributed by atoms with E-state index in [0.717, 1.165) is 20.8 Å². The first-order valence-corrected chi connectivity index (χ1v) is 13.4. The molecule has 7 nitrogen and oxygen atoms in total. The van der Waals surface area contributed by atoms with Gasteiger partial charge in [-0.05, 0) is 68.8 Å². The predicted molar refractivity (Wildman–Crippen MR) is 142 cm³/mol. The van der Waals surface area contributed by atoms with Crippen molar-refractivity contribution in [3.63, 3.8) is 0 Å². The number of halogens is 1. The van der Waals surface area contributed by atoms with E-state index in [9.17, 15) is 18.0 Å². The highest BCUT2D eigenvalue weighted by atomic mass is 79.9. The van der Waals surface area contributed by atoms with E-state index >= 15 is 0 Å². The number of carbonyl (C=O) groups is 2. The van der Waals surface area contributed by atoms with Crippen molar-refractivity contribution in [3.05, 3.63) is 88.4 Å². The maximum absolute atomic E-state index is 13.5. The molecule has 35 heavy (non-hydrogen) atoms. The molecule has 3 aromatic carbocycles. The van der Waals surface area contributed by atoms with Crippen LogP contribution in [0.4, 0.5) is 11.4 Å². The topological polar surface area (TPSA) is 95.6 Å². The monoisotopic (exact) mass is 557 g/mol. The molecule has 1 atom stereocenters. The number of nitrogens with one attached hydrogen (secondary N) is 2. The number of hydrogen-bond acceptors (Lipinski definition) is 4. The summed E-state index contributed by atoms with van der Waals surface area (Å²) < 4.78 is 28.9. The second-order valence-electron chi connectivity index (χ2n) is 8.18. The third-order valence-electron chi connectivity index (χ3n) is 5.45. The van der Waals surface area contributed by atoms with E-state index < -0.39 is 22.5 Å². The Balaban J connectivity index is 1.90. The zero-order valence-electron chi connectivity index (χ0n) is 19.8. The Morgan fingerprint density at radius 3 is 2.23 bits per heavy atom. The minimum absolute atomic E-state index is 0.0289. The van der Waals surface area contributed by atoms with Crippen molar-refractivity contribution in [2.45, 2.75) is 38.1 Å². The molecule has 0 heterocycles. The highest BCUT2D eigenvalue weighted by Gasteiger charge is 2.27. The molecule has 2 amide bonds. The molecule has 0 aliphatic heterocycles. The fraction of sp³-hybridized carbons (Fsp3) is 0.231. The molecule has 0 aliphatic rings. The van der Waals surface area contributed by atoms with Gasteiger partial charge in [0.05, 0.1) is 21.8 Å². The first-order chi connectivity index (χ1) is 16.6. The van der Waals surface area contributed by atoms with Gasteiger partial charge >= 0.3 is 0 Å². The van der Waals surface area contributed by atoms with Crippen LogP contribution in [0.5, 0.6) is 0 Å². The summed E-state index contributed by atoms with van der Waals surface area (Å²) in [4.78, 5) is 25.9. The van der Waals surface area contributed by atoms with Crippen LogP contribution in [0.2, 0.25) is 0 Å². The summed E-state index contributed by atoms with van der Waals surface area (Å²) in [5, 5.41) is 5.59. The van der Waals surface area contributed by atoms with E-state index in [1.54, 1.807) is 60.7 Å². The summed E-state index contributed by atoms with van der Waals surface area (Å²) in [6.45, 7) is 5.25. The zero-order valence-corrected chi connectivity index (χ0v) is 22.2. The Labute approximate surface area is 214 Å². The van der Waals surface area contributed by atoms with Crippen LogP contribution in [0, 0.1) is 6.92 Å². The van der Waals surface area contributed by atoms with Gasteiger partial charge in [0.1, 0.15) is 6.54 Å². The lowest BCUT2D eigenvalue weighted by Gasteiger charge is -2.24. The number of para-hydroxylation sites is 1. The minimum Gasteiger partial charge on any atom is -0.350 e. The first-order valence-electron chi connectivity index (χ1n) is 11.2. The van der Waals surface area contributed by atoms with Crippen LogP contribution in [-0.2, 0) is 14.8 Å². The molecular formula is C26H28BrN3O4S. The lowest BCUT2D eigenvalue weighted by Crippen LogP contribution is -2.38. The Bertz CT molecular complexity index is 1290. The van der Waals surface area contributed by atoms with Gasteiger partial charge in [0.15, 0.2) is 0 Å². The number of anilines is 2. The van der Waals surface area contributed by atoms with Gasteiger partial charge in [-0.2, -0.15) is 0 Å². The zero-order chi connectivity index (χ0) is 25.6. The third-order valence-corrected chi connectivity index (χ3v) is 7.76. The molecule has 0 saturated heterocycles. The number of carbonyl (C=O) groups excluding carboxylic acids is 2. The first kappa shape index (κ1) is 26.4. The smallest absolute Gasteiger partial charge is 0.264 e. The maximum atomic E-state index is 13.5. The number of nitrogens with zero attached hydrogens (tertiary/aromatic N) is 1. The second kappa shape index (κ2) is 11.5. The molecule has 0 bridgehead atoms. The normalized spacial score (nSPS) is 12.0. The molecule has 3 rings (SSSR count). The van der Waals surface area contributed by atoms with Gasteiger partial charge in [-0.15, -0.1) is 0 Å². The summed E-state index contributed by atoms with van der Waals surface area (Å²) in [6, 6.07) is 19.7. The SMILES string of the molecule is CC[C@H](C)NC(=O)c1ccccc1NC(=O)CN(c1ccc(Br)cc1)S(=O)(=O)c1ccc(C)cc1. The van der Waals surface area contributed by atoms with E-state index in [4.69, 9.17) is 0 Å². The molecule has 0 saturated carbocycles. The highest BCUT2D eigenvalue weighted by molar-refractivity contribution is 9.10. The molecule has 0 aliphatic carbocycles. The van der Waals surface area contributed by atoms with Crippen molar-refractivity contribution in [2.75, 3.05) is 16.2 Å². The number of hydrogen-bond donors (Lipinski definition) is 2. The largest absolute Gasteiger partial charge is 0.350 e. The molecule has 9 heteroatoms. The van der Waals surface area contributed by atoms with E-state index in [-0.39, 0.29) is 16.8 Å². The Morgan fingerprint density at radius 1 is 0.971 bits per heavy atom. The molecule has 0 unspecified atom stereocenters. The predicted octanol–water partition coefficient (Wildman–Crippen LogP) is 5.12. The summed E-state index contributed by atoms with van der Waals surface area (Å²) in [5.41, 5.74) is 1.87. The maximum Gasteiger partial charge on any atom is 0.264 e. The molecular weight excluding hydrogens is 530 g/mol. The van der Waals surface area contributed by atoms with Crippen molar-refractivity contribution in [2.24, 2.45) is 0 Å². The molecule has 0 fully saturated rings. The van der Waals surface area contributed by atoms with E-state index in [1.807, 2.05) is 20.8 Å². The van der Waals surface area contributed by atoms with Gasteiger partial charge in [-0.25, -0.2) is 8.42 Å². The van der Waals surface area contributed by atoms with Gasteiger partial charge in [0.2, 0.25) is 5.91 Å². The summed E-state index contributed by atoms with van der Waals surface area (Å²) in [7, 11) is -4.04. The van der Waals surface area contributed by atoms with Crippen LogP contribution in [0.1, 0.15) is 36.2 Å². The molecule has 0 aromatic heterocycles. The molecule has 3 aromatic rings. The quantitative estimate of drug-likeness (QED) is 0.381. The van der Waals surface area contributed by atoms with Gasteiger partial charge in [-0.3, -0.25) is 13.9 Å². The Morgan fingerprint density at radius 2 is 1.60 bits per heavy atom. The standard InChI is InChI=1S/C26H28BrN3O4S/c1-4-19(3)28-26(32)23-7-5-6-8-24(23)29-25(31)17-30(21-13-11-20(27)12-14-21)35(33,34)22-15-9-18(2)10-16-22/h5-16,19H,4,17H2,1-3H3,(H,28,32)(H,29,31)/t19-/m0/s1. The molecule has 0 radical (unpaired) electrons. The lowest BCUT2D eigenvalue weighted by molar-refractivity contribution is -0.114. The van der Waals surface area contributed by atoms with Gasteiger partial charge in [0.25, 0.3) is 15.9 Å². The number of aryl methyl sites for hydroxylation is 1. The van der Waals surface area contributed by atoms with Crippen LogP contribution < -0.4 is 14.9 Å². The summed E-state index contributed by atoms with van der Waals surface area (Å²) in [5.74, 6) is -0.889. The summed E-state index contributed by atoms with van der Waals surface area (Å²) >= 11 is 3.35. The third kappa shape index (κ3) is 6.70. The van der Waals surface area contributed by atoms with Crippen LogP contribution in [0.25, 0.3) is 0 Å². The van der Waals surface area contributed by atoms with Gasteiger partial charge < -0.3 is 10.6 Å². The number of sulfonamides is 1. The van der Waals surface area contributed by atoms with Crippen LogP contribution >= 0.6 is 15.9 Å². The fourth-order valence-corrected chi connectivity index (χ4v) is 4.96. The van der Waals surface area contributed by atoms with Crippen LogP contribution in [0.15, 0.2) is 82.2 Å². The number of benzene rings is 3. The molecule has 0 spiro atoms. The average Bonchev–Trinajstić information content (AvgIpc) is 2.83. The van der Waals surface area contributed by atoms with Crippen LogP contribution in [-0.4, -0.2) is 32.8 Å². The van der Waals surface area contributed by atoms with Crippen molar-refractivity contribution in [3.8, 4) is 0 Å². The van der Waals surface area contributed by atoms with Crippen LogP contribution in [0.3, 0.4) is 0 Å². The van der Waals surface area contributed by atoms with Crippen molar-refractivity contribution in [1.29, 1.82) is 0 Å². The van der Waals surface area contributed by atoms with Crippen molar-refractivity contribution in [1.82, 2.24) is 5.32 Å². The van der Waals surface area contributed by atoms with Gasteiger partial charge in [0, 0.05) is 10.5 Å². The average molecular weight is 558 g/mol. The lowest BCUT2D eigenvalue weighted by atomic mass is 10.1. The van der Waals surface area contributed by atoms with E-state index in [2.05, 4.69) is 26.6 Å². The van der Waals surface area contributed by atoms with E-state index in [0.29, 0.717) is 16.9 Å².